The van der Waals surface area contributed by atoms with Gasteiger partial charge >= 0.3 is 5.97 Å². The summed E-state index contributed by atoms with van der Waals surface area (Å²) >= 11 is 0. The Morgan fingerprint density at radius 1 is 1.04 bits per heavy atom. The van der Waals surface area contributed by atoms with Gasteiger partial charge in [0.05, 0.1) is 17.9 Å². The van der Waals surface area contributed by atoms with E-state index in [1.165, 1.54) is 6.33 Å². The number of benzene rings is 2. The Morgan fingerprint density at radius 3 is 2.52 bits per heavy atom. The molecule has 7 nitrogen and oxygen atoms in total. The number of hydrogen-bond donors (Lipinski definition) is 3. The number of rotatable bonds is 7. The van der Waals surface area contributed by atoms with E-state index in [0.717, 1.165) is 5.56 Å². The summed E-state index contributed by atoms with van der Waals surface area (Å²) in [5.41, 5.74) is 8.67. The highest BCUT2D eigenvalue weighted by Gasteiger charge is 2.14. The third-order valence-corrected chi connectivity index (χ3v) is 3.86. The molecule has 7 heteroatoms. The lowest BCUT2D eigenvalue weighted by molar-refractivity contribution is 0.0527. The average molecular weight is 363 g/mol. The van der Waals surface area contributed by atoms with Crippen LogP contribution in [0.3, 0.4) is 0 Å². The van der Waals surface area contributed by atoms with Crippen molar-refractivity contribution in [3.05, 3.63) is 72.1 Å². The maximum Gasteiger partial charge on any atom is 0.340 e. The summed E-state index contributed by atoms with van der Waals surface area (Å²) in [6.07, 6.45) is 1.42. The van der Waals surface area contributed by atoms with Crippen molar-refractivity contribution in [3.8, 4) is 0 Å². The van der Waals surface area contributed by atoms with Gasteiger partial charge in [0, 0.05) is 6.54 Å². The second-order valence-electron chi connectivity index (χ2n) is 5.71. The minimum atomic E-state index is -0.407. The molecule has 3 rings (SSSR count). The first-order valence-corrected chi connectivity index (χ1v) is 8.60. The van der Waals surface area contributed by atoms with E-state index in [0.29, 0.717) is 41.7 Å². The van der Waals surface area contributed by atoms with Crippen molar-refractivity contribution in [1.82, 2.24) is 9.97 Å². The van der Waals surface area contributed by atoms with Gasteiger partial charge in [0.25, 0.3) is 0 Å². The zero-order chi connectivity index (χ0) is 19.1. The smallest absolute Gasteiger partial charge is 0.340 e. The van der Waals surface area contributed by atoms with Crippen molar-refractivity contribution in [2.45, 2.75) is 13.5 Å². The van der Waals surface area contributed by atoms with E-state index in [2.05, 4.69) is 20.6 Å². The minimum Gasteiger partial charge on any atom is -0.462 e. The third-order valence-electron chi connectivity index (χ3n) is 3.86. The average Bonchev–Trinajstić information content (AvgIpc) is 2.70. The lowest BCUT2D eigenvalue weighted by atomic mass is 10.2. The zero-order valence-electron chi connectivity index (χ0n) is 15.0. The Balaban J connectivity index is 1.79. The molecule has 0 saturated heterocycles. The Kier molecular flexibility index (Phi) is 5.84. The number of aromatic nitrogens is 2. The van der Waals surface area contributed by atoms with Crippen LogP contribution >= 0.6 is 0 Å². The number of nitrogens with one attached hydrogen (secondary N) is 2. The van der Waals surface area contributed by atoms with Gasteiger partial charge in [0.2, 0.25) is 0 Å². The summed E-state index contributed by atoms with van der Waals surface area (Å²) in [4.78, 5) is 20.5. The van der Waals surface area contributed by atoms with Crippen molar-refractivity contribution < 1.29 is 9.53 Å². The van der Waals surface area contributed by atoms with E-state index in [1.807, 2.05) is 36.4 Å². The molecule has 0 unspecified atom stereocenters. The molecule has 2 aromatic carbocycles. The predicted molar refractivity (Wildman–Crippen MR) is 106 cm³/mol. The molecule has 27 heavy (non-hydrogen) atoms. The maximum absolute atomic E-state index is 12.1. The van der Waals surface area contributed by atoms with E-state index in [4.69, 9.17) is 10.5 Å². The molecule has 0 aliphatic heterocycles. The van der Waals surface area contributed by atoms with E-state index >= 15 is 0 Å². The van der Waals surface area contributed by atoms with Crippen LogP contribution in [0.4, 0.5) is 23.0 Å². The van der Waals surface area contributed by atoms with E-state index in [9.17, 15) is 4.79 Å². The number of anilines is 4. The van der Waals surface area contributed by atoms with Gasteiger partial charge in [-0.15, -0.1) is 0 Å². The van der Waals surface area contributed by atoms with Crippen LogP contribution in [0.25, 0.3) is 0 Å². The topological polar surface area (TPSA) is 102 Å². The van der Waals surface area contributed by atoms with Crippen molar-refractivity contribution in [2.24, 2.45) is 0 Å². The van der Waals surface area contributed by atoms with Crippen LogP contribution in [0.5, 0.6) is 0 Å². The van der Waals surface area contributed by atoms with Crippen molar-refractivity contribution in [3.63, 3.8) is 0 Å². The standard InChI is InChI=1S/C20H21N5O2/c1-2-27-20(26)15-10-6-7-11-16(15)25-19-17(21)18(23-13-24-19)22-12-14-8-4-3-5-9-14/h3-11,13H,2,12,21H2,1H3,(H2,22,23,24,25). The molecule has 0 bridgehead atoms. The molecule has 0 fully saturated rings. The highest BCUT2D eigenvalue weighted by Crippen LogP contribution is 2.28. The summed E-state index contributed by atoms with van der Waals surface area (Å²) in [6, 6.07) is 17.0. The van der Waals surface area contributed by atoms with Crippen LogP contribution in [0, 0.1) is 0 Å². The number of nitrogens with two attached hydrogens (primary N) is 1. The van der Waals surface area contributed by atoms with E-state index < -0.39 is 5.97 Å². The number of nitrogen functional groups attached to an aromatic ring is 1. The normalized spacial score (nSPS) is 10.3. The van der Waals surface area contributed by atoms with Crippen LogP contribution in [0.15, 0.2) is 60.9 Å². The van der Waals surface area contributed by atoms with Crippen LogP contribution in [-0.2, 0) is 11.3 Å². The summed E-state index contributed by atoms with van der Waals surface area (Å²) in [5.74, 6) is 0.526. The lowest BCUT2D eigenvalue weighted by Gasteiger charge is -2.14. The summed E-state index contributed by atoms with van der Waals surface area (Å²) < 4.78 is 5.09. The number of esters is 1. The first-order chi connectivity index (χ1) is 13.2. The predicted octanol–water partition coefficient (Wildman–Crippen LogP) is 3.59. The molecule has 0 radical (unpaired) electrons. The largest absolute Gasteiger partial charge is 0.462 e. The second-order valence-corrected chi connectivity index (χ2v) is 5.71. The van der Waals surface area contributed by atoms with E-state index in [-0.39, 0.29) is 0 Å². The van der Waals surface area contributed by atoms with Gasteiger partial charge < -0.3 is 21.1 Å². The van der Waals surface area contributed by atoms with Gasteiger partial charge in [-0.2, -0.15) is 0 Å². The Labute approximate surface area is 157 Å². The molecule has 138 valence electrons. The molecule has 0 atom stereocenters. The minimum absolute atomic E-state index is 0.302. The van der Waals surface area contributed by atoms with Gasteiger partial charge in [0.1, 0.15) is 12.0 Å². The second kappa shape index (κ2) is 8.66. The molecule has 4 N–H and O–H groups in total. The third kappa shape index (κ3) is 4.52. The van der Waals surface area contributed by atoms with E-state index in [1.54, 1.807) is 25.1 Å². The molecule has 1 aromatic heterocycles. The van der Waals surface area contributed by atoms with Gasteiger partial charge in [-0.05, 0) is 24.6 Å². The number of ether oxygens (including phenoxy) is 1. The Hall–Kier alpha value is -3.61. The van der Waals surface area contributed by atoms with Crippen LogP contribution in [0.1, 0.15) is 22.8 Å². The fourth-order valence-corrected chi connectivity index (χ4v) is 2.52. The van der Waals surface area contributed by atoms with Crippen molar-refractivity contribution in [2.75, 3.05) is 23.0 Å². The molecule has 0 amide bonds. The lowest BCUT2D eigenvalue weighted by Crippen LogP contribution is -2.11. The first-order valence-electron chi connectivity index (χ1n) is 8.60. The molecule has 0 spiro atoms. The fraction of sp³-hybridized carbons (Fsp3) is 0.150. The summed E-state index contributed by atoms with van der Waals surface area (Å²) in [7, 11) is 0. The van der Waals surface area contributed by atoms with Crippen LogP contribution in [0.2, 0.25) is 0 Å². The number of nitrogens with zero attached hydrogens (tertiary/aromatic N) is 2. The zero-order valence-corrected chi connectivity index (χ0v) is 15.0. The molecule has 3 aromatic rings. The van der Waals surface area contributed by atoms with Gasteiger partial charge in [0.15, 0.2) is 11.6 Å². The monoisotopic (exact) mass is 363 g/mol. The van der Waals surface area contributed by atoms with Gasteiger partial charge in [-0.1, -0.05) is 42.5 Å². The Morgan fingerprint density at radius 2 is 1.74 bits per heavy atom. The molecule has 0 aliphatic rings. The Bertz CT molecular complexity index is 915. The van der Waals surface area contributed by atoms with Gasteiger partial charge in [-0.3, -0.25) is 0 Å². The molecule has 0 aliphatic carbocycles. The quantitative estimate of drug-likeness (QED) is 0.551. The summed E-state index contributed by atoms with van der Waals surface area (Å²) in [6.45, 7) is 2.65. The number of hydrogen-bond acceptors (Lipinski definition) is 7. The molecular weight excluding hydrogens is 342 g/mol. The van der Waals surface area contributed by atoms with Crippen molar-refractivity contribution in [1.29, 1.82) is 0 Å². The van der Waals surface area contributed by atoms with Crippen molar-refractivity contribution >= 4 is 29.0 Å². The SMILES string of the molecule is CCOC(=O)c1ccccc1Nc1ncnc(NCc2ccccc2)c1N. The number of carbonyl (C=O) groups is 1. The highest BCUT2D eigenvalue weighted by atomic mass is 16.5. The number of para-hydroxylation sites is 1. The van der Waals surface area contributed by atoms with Crippen LogP contribution in [-0.4, -0.2) is 22.5 Å². The van der Waals surface area contributed by atoms with Gasteiger partial charge in [-0.25, -0.2) is 14.8 Å². The number of carbonyl (C=O) groups excluding carboxylic acids is 1. The van der Waals surface area contributed by atoms with Crippen LogP contribution < -0.4 is 16.4 Å². The first kappa shape index (κ1) is 18.2. The molecule has 0 saturated carbocycles. The molecular formula is C20H21N5O2. The summed E-state index contributed by atoms with van der Waals surface area (Å²) in [5, 5.41) is 6.31. The maximum atomic E-state index is 12.1. The fourth-order valence-electron chi connectivity index (χ4n) is 2.52. The highest BCUT2D eigenvalue weighted by molar-refractivity contribution is 5.97. The molecule has 1 heterocycles.